The van der Waals surface area contributed by atoms with E-state index in [1.54, 1.807) is 24.3 Å². The highest BCUT2D eigenvalue weighted by atomic mass is 16.4. The molecule has 0 aliphatic rings. The SMILES string of the molecule is N#Cc1ccccc1NC(=O)NCCC(=O)O. The van der Waals surface area contributed by atoms with Gasteiger partial charge in [0.15, 0.2) is 0 Å². The van der Waals surface area contributed by atoms with E-state index in [0.29, 0.717) is 11.3 Å². The van der Waals surface area contributed by atoms with Crippen LogP contribution >= 0.6 is 0 Å². The van der Waals surface area contributed by atoms with Crippen LogP contribution in [0.25, 0.3) is 0 Å². The normalized spacial score (nSPS) is 9.12. The van der Waals surface area contributed by atoms with Crippen molar-refractivity contribution < 1.29 is 14.7 Å². The van der Waals surface area contributed by atoms with Gasteiger partial charge < -0.3 is 15.7 Å². The van der Waals surface area contributed by atoms with Crippen LogP contribution in [-0.4, -0.2) is 23.7 Å². The number of hydrogen-bond donors (Lipinski definition) is 3. The first-order chi connectivity index (χ1) is 8.13. The van der Waals surface area contributed by atoms with Crippen LogP contribution in [0, 0.1) is 11.3 Å². The molecule has 0 aromatic heterocycles. The molecule has 0 saturated heterocycles. The van der Waals surface area contributed by atoms with Crippen LogP contribution in [0.5, 0.6) is 0 Å². The maximum Gasteiger partial charge on any atom is 0.319 e. The molecule has 0 fully saturated rings. The number of nitrogens with zero attached hydrogens (tertiary/aromatic N) is 1. The molecule has 1 rings (SSSR count). The molecule has 0 unspecified atom stereocenters. The van der Waals surface area contributed by atoms with Gasteiger partial charge >= 0.3 is 12.0 Å². The van der Waals surface area contributed by atoms with E-state index >= 15 is 0 Å². The molecule has 17 heavy (non-hydrogen) atoms. The molecule has 0 atom stereocenters. The number of benzene rings is 1. The highest BCUT2D eigenvalue weighted by molar-refractivity contribution is 5.90. The zero-order valence-corrected chi connectivity index (χ0v) is 8.93. The summed E-state index contributed by atoms with van der Waals surface area (Å²) in [4.78, 5) is 21.6. The molecule has 0 aliphatic heterocycles. The monoisotopic (exact) mass is 233 g/mol. The zero-order valence-electron chi connectivity index (χ0n) is 8.93. The van der Waals surface area contributed by atoms with Gasteiger partial charge in [0.2, 0.25) is 0 Å². The van der Waals surface area contributed by atoms with Crippen molar-refractivity contribution in [3.8, 4) is 6.07 Å². The summed E-state index contributed by atoms with van der Waals surface area (Å²) >= 11 is 0. The van der Waals surface area contributed by atoms with Crippen LogP contribution in [-0.2, 0) is 4.79 Å². The predicted octanol–water partition coefficient (Wildman–Crippen LogP) is 1.15. The summed E-state index contributed by atoms with van der Waals surface area (Å²) in [6.45, 7) is 0.0376. The lowest BCUT2D eigenvalue weighted by Gasteiger charge is -2.07. The fourth-order valence-electron chi connectivity index (χ4n) is 1.14. The molecule has 1 aromatic carbocycles. The second-order valence-corrected chi connectivity index (χ2v) is 3.18. The fourth-order valence-corrected chi connectivity index (χ4v) is 1.14. The number of amides is 2. The molecule has 3 N–H and O–H groups in total. The summed E-state index contributed by atoms with van der Waals surface area (Å²) in [5.74, 6) is -0.984. The molecular weight excluding hydrogens is 222 g/mol. The number of para-hydroxylation sites is 1. The smallest absolute Gasteiger partial charge is 0.319 e. The van der Waals surface area contributed by atoms with E-state index < -0.39 is 12.0 Å². The first-order valence-corrected chi connectivity index (χ1v) is 4.89. The van der Waals surface area contributed by atoms with Crippen LogP contribution in [0.15, 0.2) is 24.3 Å². The number of nitriles is 1. The topological polar surface area (TPSA) is 102 Å². The number of carboxylic acid groups (broad SMARTS) is 1. The molecular formula is C11H11N3O3. The minimum atomic E-state index is -0.984. The van der Waals surface area contributed by atoms with Crippen LogP contribution < -0.4 is 10.6 Å². The number of urea groups is 1. The van der Waals surface area contributed by atoms with Gasteiger partial charge in [-0.05, 0) is 12.1 Å². The van der Waals surface area contributed by atoms with Gasteiger partial charge in [-0.15, -0.1) is 0 Å². The quantitative estimate of drug-likeness (QED) is 0.725. The van der Waals surface area contributed by atoms with Crippen molar-refractivity contribution in [3.05, 3.63) is 29.8 Å². The number of hydrogen-bond acceptors (Lipinski definition) is 3. The first kappa shape index (κ1) is 12.5. The number of carbonyl (C=O) groups is 2. The minimum absolute atomic E-state index is 0.0376. The lowest BCUT2D eigenvalue weighted by molar-refractivity contribution is -0.136. The summed E-state index contributed by atoms with van der Waals surface area (Å²) in [5, 5.41) is 22.0. The van der Waals surface area contributed by atoms with Crippen LogP contribution in [0.3, 0.4) is 0 Å². The second kappa shape index (κ2) is 6.12. The van der Waals surface area contributed by atoms with E-state index in [1.165, 1.54) is 0 Å². The first-order valence-electron chi connectivity index (χ1n) is 4.89. The summed E-state index contributed by atoms with van der Waals surface area (Å²) in [7, 11) is 0. The zero-order chi connectivity index (χ0) is 12.7. The number of rotatable bonds is 4. The molecule has 6 heteroatoms. The third-order valence-corrected chi connectivity index (χ3v) is 1.92. The molecule has 88 valence electrons. The van der Waals surface area contributed by atoms with E-state index in [2.05, 4.69) is 10.6 Å². The van der Waals surface area contributed by atoms with Crippen molar-refractivity contribution in [1.82, 2.24) is 5.32 Å². The maximum atomic E-state index is 11.3. The number of carboxylic acids is 1. The maximum absolute atomic E-state index is 11.3. The van der Waals surface area contributed by atoms with Crippen LogP contribution in [0.2, 0.25) is 0 Å². The van der Waals surface area contributed by atoms with Gasteiger partial charge in [-0.2, -0.15) is 5.26 Å². The molecule has 6 nitrogen and oxygen atoms in total. The van der Waals surface area contributed by atoms with Gasteiger partial charge in [-0.1, -0.05) is 12.1 Å². The number of carbonyl (C=O) groups excluding carboxylic acids is 1. The number of aliphatic carboxylic acids is 1. The molecule has 0 aliphatic carbocycles. The van der Waals surface area contributed by atoms with Gasteiger partial charge in [0.05, 0.1) is 17.7 Å². The van der Waals surface area contributed by atoms with Gasteiger partial charge in [0.25, 0.3) is 0 Å². The minimum Gasteiger partial charge on any atom is -0.481 e. The Morgan fingerprint density at radius 1 is 1.35 bits per heavy atom. The Hall–Kier alpha value is -2.55. The molecule has 0 radical (unpaired) electrons. The third kappa shape index (κ3) is 4.22. The van der Waals surface area contributed by atoms with E-state index in [0.717, 1.165) is 0 Å². The van der Waals surface area contributed by atoms with E-state index in [9.17, 15) is 9.59 Å². The largest absolute Gasteiger partial charge is 0.481 e. The molecule has 2 amide bonds. The fraction of sp³-hybridized carbons (Fsp3) is 0.182. The van der Waals surface area contributed by atoms with Gasteiger partial charge in [0.1, 0.15) is 6.07 Å². The van der Waals surface area contributed by atoms with Crippen molar-refractivity contribution in [3.63, 3.8) is 0 Å². The lowest BCUT2D eigenvalue weighted by Crippen LogP contribution is -2.30. The van der Waals surface area contributed by atoms with Crippen molar-refractivity contribution in [1.29, 1.82) is 5.26 Å². The average Bonchev–Trinajstić information content (AvgIpc) is 2.29. The Balaban J connectivity index is 2.51. The Morgan fingerprint density at radius 2 is 2.06 bits per heavy atom. The van der Waals surface area contributed by atoms with Gasteiger partial charge in [-0.3, -0.25) is 4.79 Å². The lowest BCUT2D eigenvalue weighted by atomic mass is 10.2. The third-order valence-electron chi connectivity index (χ3n) is 1.92. The summed E-state index contributed by atoms with van der Waals surface area (Å²) < 4.78 is 0. The van der Waals surface area contributed by atoms with Crippen molar-refractivity contribution >= 4 is 17.7 Å². The Morgan fingerprint density at radius 3 is 2.71 bits per heavy atom. The Kier molecular flexibility index (Phi) is 4.51. The summed E-state index contributed by atoms with van der Waals surface area (Å²) in [6.07, 6.45) is -0.146. The van der Waals surface area contributed by atoms with E-state index in [4.69, 9.17) is 10.4 Å². The molecule has 0 spiro atoms. The standard InChI is InChI=1S/C11H11N3O3/c12-7-8-3-1-2-4-9(8)14-11(17)13-6-5-10(15)16/h1-4H,5-6H2,(H,15,16)(H2,13,14,17). The number of anilines is 1. The molecule has 0 bridgehead atoms. The van der Waals surface area contributed by atoms with Crippen LogP contribution in [0.1, 0.15) is 12.0 Å². The van der Waals surface area contributed by atoms with Gasteiger partial charge in [0, 0.05) is 6.54 Å². The average molecular weight is 233 g/mol. The Bertz CT molecular complexity index is 465. The highest BCUT2D eigenvalue weighted by Crippen LogP contribution is 2.12. The molecule has 1 aromatic rings. The van der Waals surface area contributed by atoms with Crippen molar-refractivity contribution in [2.75, 3.05) is 11.9 Å². The van der Waals surface area contributed by atoms with Gasteiger partial charge in [-0.25, -0.2) is 4.79 Å². The van der Waals surface area contributed by atoms with Crippen molar-refractivity contribution in [2.24, 2.45) is 0 Å². The Labute approximate surface area is 97.9 Å². The predicted molar refractivity (Wildman–Crippen MR) is 60.4 cm³/mol. The molecule has 0 saturated carbocycles. The van der Waals surface area contributed by atoms with E-state index in [-0.39, 0.29) is 13.0 Å². The summed E-state index contributed by atoms with van der Waals surface area (Å²) in [5.41, 5.74) is 0.740. The van der Waals surface area contributed by atoms with Crippen molar-refractivity contribution in [2.45, 2.75) is 6.42 Å². The highest BCUT2D eigenvalue weighted by Gasteiger charge is 2.05. The van der Waals surface area contributed by atoms with E-state index in [1.807, 2.05) is 6.07 Å². The molecule has 0 heterocycles. The number of nitrogens with one attached hydrogen (secondary N) is 2. The van der Waals surface area contributed by atoms with Crippen LogP contribution in [0.4, 0.5) is 10.5 Å². The second-order valence-electron chi connectivity index (χ2n) is 3.18. The summed E-state index contributed by atoms with van der Waals surface area (Å²) in [6, 6.07) is 7.95.